The smallest absolute Gasteiger partial charge is 0.337 e. The molecule has 0 saturated heterocycles. The lowest BCUT2D eigenvalue weighted by molar-refractivity contribution is 0.0697. The molecule has 0 spiro atoms. The van der Waals surface area contributed by atoms with E-state index in [2.05, 4.69) is 10.3 Å². The number of para-hydroxylation sites is 1. The number of carbonyl (C=O) groups is 1. The fourth-order valence-electron chi connectivity index (χ4n) is 3.52. The van der Waals surface area contributed by atoms with Gasteiger partial charge in [-0.05, 0) is 51.1 Å². The number of benzene rings is 2. The fourth-order valence-corrected chi connectivity index (χ4v) is 4.69. The van der Waals surface area contributed by atoms with Crippen LogP contribution in [0.5, 0.6) is 11.6 Å². The van der Waals surface area contributed by atoms with Gasteiger partial charge in [-0.15, -0.1) is 11.3 Å². The highest BCUT2D eigenvalue weighted by atomic mass is 35.5. The zero-order valence-electron chi connectivity index (χ0n) is 19.0. The van der Waals surface area contributed by atoms with Crippen molar-refractivity contribution in [3.63, 3.8) is 0 Å². The van der Waals surface area contributed by atoms with Crippen molar-refractivity contribution in [3.8, 4) is 27.9 Å². The summed E-state index contributed by atoms with van der Waals surface area (Å²) in [5.74, 6) is 0.451. The zero-order valence-corrected chi connectivity index (χ0v) is 20.6. The molecule has 0 bridgehead atoms. The lowest BCUT2D eigenvalue weighted by Gasteiger charge is -2.15. The van der Waals surface area contributed by atoms with Crippen molar-refractivity contribution in [2.24, 2.45) is 0 Å². The Balaban J connectivity index is 1.94. The molecular formula is C24H23ClN4O4S. The van der Waals surface area contributed by atoms with Crippen molar-refractivity contribution < 1.29 is 19.4 Å². The van der Waals surface area contributed by atoms with E-state index >= 15 is 0 Å². The summed E-state index contributed by atoms with van der Waals surface area (Å²) >= 11 is 7.98. The van der Waals surface area contributed by atoms with E-state index in [0.29, 0.717) is 51.2 Å². The van der Waals surface area contributed by atoms with Crippen LogP contribution >= 0.6 is 22.9 Å². The van der Waals surface area contributed by atoms with E-state index in [4.69, 9.17) is 26.2 Å². The number of anilines is 2. The van der Waals surface area contributed by atoms with Crippen molar-refractivity contribution in [2.75, 3.05) is 19.0 Å². The molecule has 0 aliphatic rings. The first-order valence-electron chi connectivity index (χ1n) is 10.5. The SMILES string of the molecule is CCOc1nc(-c2c(C)nn(-c3ccccc3Cl)c2Nc2ccc(OC)cc2C(=O)O)sc1C. The lowest BCUT2D eigenvalue weighted by atomic mass is 10.1. The van der Waals surface area contributed by atoms with Crippen LogP contribution in [0.3, 0.4) is 0 Å². The number of methoxy groups -OCH3 is 1. The second-order valence-corrected chi connectivity index (χ2v) is 8.94. The van der Waals surface area contributed by atoms with Gasteiger partial charge in [0.1, 0.15) is 16.6 Å². The van der Waals surface area contributed by atoms with E-state index < -0.39 is 5.97 Å². The molecule has 0 atom stereocenters. The number of ether oxygens (including phenoxy) is 2. The number of halogens is 1. The third kappa shape index (κ3) is 4.44. The van der Waals surface area contributed by atoms with Crippen molar-refractivity contribution in [1.82, 2.24) is 14.8 Å². The summed E-state index contributed by atoms with van der Waals surface area (Å²) in [7, 11) is 1.49. The first kappa shape index (κ1) is 23.6. The number of aromatic nitrogens is 3. The monoisotopic (exact) mass is 498 g/mol. The Labute approximate surface area is 205 Å². The molecule has 2 aromatic carbocycles. The molecule has 0 radical (unpaired) electrons. The topological polar surface area (TPSA) is 98.5 Å². The van der Waals surface area contributed by atoms with Crippen LogP contribution in [-0.2, 0) is 0 Å². The number of aryl methyl sites for hydroxylation is 2. The summed E-state index contributed by atoms with van der Waals surface area (Å²) in [6.45, 7) is 6.22. The second-order valence-electron chi connectivity index (χ2n) is 7.33. The van der Waals surface area contributed by atoms with E-state index in [1.54, 1.807) is 22.9 Å². The van der Waals surface area contributed by atoms with Crippen molar-refractivity contribution in [1.29, 1.82) is 0 Å². The van der Waals surface area contributed by atoms with Crippen molar-refractivity contribution in [3.05, 3.63) is 63.6 Å². The summed E-state index contributed by atoms with van der Waals surface area (Å²) in [5, 5.41) is 19.0. The minimum Gasteiger partial charge on any atom is -0.497 e. The second kappa shape index (κ2) is 9.74. The molecule has 0 unspecified atom stereocenters. The Morgan fingerprint density at radius 3 is 2.68 bits per heavy atom. The maximum Gasteiger partial charge on any atom is 0.337 e. The van der Waals surface area contributed by atoms with Gasteiger partial charge in [0.25, 0.3) is 0 Å². The number of rotatable bonds is 8. The predicted molar refractivity (Wildman–Crippen MR) is 134 cm³/mol. The number of hydrogen-bond acceptors (Lipinski definition) is 7. The number of aromatic carboxylic acids is 1. The van der Waals surface area contributed by atoms with Gasteiger partial charge in [0.2, 0.25) is 5.88 Å². The van der Waals surface area contributed by atoms with Gasteiger partial charge in [0.15, 0.2) is 0 Å². The number of nitrogens with zero attached hydrogens (tertiary/aromatic N) is 3. The molecule has 4 rings (SSSR count). The van der Waals surface area contributed by atoms with Crippen LogP contribution < -0.4 is 14.8 Å². The standard InChI is InChI=1S/C24H23ClN4O4S/c1-5-33-22-14(3)34-23(27-22)20-13(2)28-29(19-9-7-6-8-17(19)25)21(20)26-18-11-10-15(32-4)12-16(18)24(30)31/h6-12,26H,5H2,1-4H3,(H,30,31). The van der Waals surface area contributed by atoms with Crippen LogP contribution in [0, 0.1) is 13.8 Å². The average molecular weight is 499 g/mol. The molecule has 0 aliphatic heterocycles. The lowest BCUT2D eigenvalue weighted by Crippen LogP contribution is -2.08. The number of carboxylic acids is 1. The number of hydrogen-bond donors (Lipinski definition) is 2. The molecule has 0 fully saturated rings. The van der Waals surface area contributed by atoms with E-state index in [9.17, 15) is 9.90 Å². The Bertz CT molecular complexity index is 1370. The van der Waals surface area contributed by atoms with E-state index in [0.717, 1.165) is 10.4 Å². The van der Waals surface area contributed by atoms with Gasteiger partial charge in [-0.1, -0.05) is 23.7 Å². The molecule has 8 nitrogen and oxygen atoms in total. The van der Waals surface area contributed by atoms with E-state index in [1.807, 2.05) is 39.0 Å². The molecule has 2 aromatic heterocycles. The third-order valence-electron chi connectivity index (χ3n) is 5.10. The molecule has 176 valence electrons. The van der Waals surface area contributed by atoms with Gasteiger partial charge in [0, 0.05) is 0 Å². The highest BCUT2D eigenvalue weighted by Gasteiger charge is 2.25. The Hall–Kier alpha value is -3.56. The summed E-state index contributed by atoms with van der Waals surface area (Å²) in [6, 6.07) is 12.1. The Kier molecular flexibility index (Phi) is 6.76. The maximum absolute atomic E-state index is 12.0. The third-order valence-corrected chi connectivity index (χ3v) is 6.39. The molecule has 0 saturated carbocycles. The Morgan fingerprint density at radius 2 is 2.00 bits per heavy atom. The van der Waals surface area contributed by atoms with Crippen LogP contribution in [0.4, 0.5) is 11.5 Å². The normalized spacial score (nSPS) is 10.9. The first-order valence-corrected chi connectivity index (χ1v) is 11.7. The number of carboxylic acid groups (broad SMARTS) is 1. The summed E-state index contributed by atoms with van der Waals surface area (Å²) < 4.78 is 12.5. The van der Waals surface area contributed by atoms with Gasteiger partial charge in [0.05, 0.1) is 51.8 Å². The molecule has 0 amide bonds. The van der Waals surface area contributed by atoms with Gasteiger partial charge in [-0.3, -0.25) is 0 Å². The summed E-state index contributed by atoms with van der Waals surface area (Å²) in [6.07, 6.45) is 0. The number of thiazole rings is 1. The van der Waals surface area contributed by atoms with E-state index in [1.165, 1.54) is 24.5 Å². The van der Waals surface area contributed by atoms with Crippen LogP contribution in [-0.4, -0.2) is 39.6 Å². The van der Waals surface area contributed by atoms with E-state index in [-0.39, 0.29) is 5.56 Å². The first-order chi connectivity index (χ1) is 16.3. The Morgan fingerprint density at radius 1 is 1.24 bits per heavy atom. The fraction of sp³-hybridized carbons (Fsp3) is 0.208. The molecule has 4 aromatic rings. The highest BCUT2D eigenvalue weighted by Crippen LogP contribution is 2.41. The quantitative estimate of drug-likeness (QED) is 0.302. The highest BCUT2D eigenvalue weighted by molar-refractivity contribution is 7.15. The van der Waals surface area contributed by atoms with Crippen LogP contribution in [0.15, 0.2) is 42.5 Å². The summed E-state index contributed by atoms with van der Waals surface area (Å²) in [5.41, 5.74) is 2.50. The number of nitrogens with one attached hydrogen (secondary N) is 1. The molecule has 34 heavy (non-hydrogen) atoms. The molecule has 2 N–H and O–H groups in total. The molecular weight excluding hydrogens is 476 g/mol. The molecule has 2 heterocycles. The predicted octanol–water partition coefficient (Wildman–Crippen LogP) is 6.12. The largest absolute Gasteiger partial charge is 0.497 e. The minimum absolute atomic E-state index is 0.0557. The van der Waals surface area contributed by atoms with Crippen LogP contribution in [0.1, 0.15) is 27.9 Å². The average Bonchev–Trinajstić information content (AvgIpc) is 3.33. The van der Waals surface area contributed by atoms with Gasteiger partial charge in [-0.2, -0.15) is 5.10 Å². The zero-order chi connectivity index (χ0) is 24.4. The van der Waals surface area contributed by atoms with Crippen molar-refractivity contribution in [2.45, 2.75) is 20.8 Å². The van der Waals surface area contributed by atoms with Crippen molar-refractivity contribution >= 4 is 40.4 Å². The van der Waals surface area contributed by atoms with Gasteiger partial charge >= 0.3 is 5.97 Å². The molecule has 10 heteroatoms. The van der Waals surface area contributed by atoms with Gasteiger partial charge < -0.3 is 19.9 Å². The maximum atomic E-state index is 12.0. The van der Waals surface area contributed by atoms with Gasteiger partial charge in [-0.25, -0.2) is 14.5 Å². The molecule has 0 aliphatic carbocycles. The summed E-state index contributed by atoms with van der Waals surface area (Å²) in [4.78, 5) is 17.6. The van der Waals surface area contributed by atoms with Crippen LogP contribution in [0.25, 0.3) is 16.3 Å². The van der Waals surface area contributed by atoms with Crippen LogP contribution in [0.2, 0.25) is 5.02 Å². The minimum atomic E-state index is -1.09.